The first-order valence-electron chi connectivity index (χ1n) is 6.04. The third-order valence-electron chi connectivity index (χ3n) is 2.73. The lowest BCUT2D eigenvalue weighted by Gasteiger charge is -2.15. The number of anilines is 1. The average Bonchev–Trinajstić information content (AvgIpc) is 2.36. The Bertz CT molecular complexity index is 428. The molecule has 0 fully saturated rings. The molecular weight excluding hydrogens is 230 g/mol. The van der Waals surface area contributed by atoms with Gasteiger partial charge in [0.25, 0.3) is 0 Å². The maximum absolute atomic E-state index is 11.7. The van der Waals surface area contributed by atoms with Crippen molar-refractivity contribution in [1.82, 2.24) is 5.32 Å². The summed E-state index contributed by atoms with van der Waals surface area (Å²) < 4.78 is 0. The highest BCUT2D eigenvalue weighted by Crippen LogP contribution is 2.10. The van der Waals surface area contributed by atoms with E-state index >= 15 is 0 Å². The molecule has 0 aliphatic rings. The lowest BCUT2D eigenvalue weighted by Crippen LogP contribution is -2.37. The molecule has 3 amide bonds. The second kappa shape index (κ2) is 6.64. The number of hydrogen-bond donors (Lipinski definition) is 3. The Hall–Kier alpha value is -2.04. The van der Waals surface area contributed by atoms with Crippen LogP contribution in [0.3, 0.4) is 0 Å². The molecule has 0 atom stereocenters. The van der Waals surface area contributed by atoms with E-state index in [0.29, 0.717) is 11.3 Å². The molecule has 0 radical (unpaired) electrons. The van der Waals surface area contributed by atoms with E-state index in [9.17, 15) is 9.59 Å². The van der Waals surface area contributed by atoms with Gasteiger partial charge in [-0.3, -0.25) is 4.79 Å². The molecular formula is C13H19N3O2. The first-order valence-corrected chi connectivity index (χ1v) is 6.04. The zero-order valence-electron chi connectivity index (χ0n) is 10.7. The van der Waals surface area contributed by atoms with Crippen LogP contribution >= 0.6 is 0 Å². The minimum atomic E-state index is -0.515. The Morgan fingerprint density at radius 1 is 1.28 bits per heavy atom. The molecule has 1 rings (SSSR count). The lowest BCUT2D eigenvalue weighted by molar-refractivity contribution is 0.100. The minimum Gasteiger partial charge on any atom is -0.366 e. The third-order valence-corrected chi connectivity index (χ3v) is 2.73. The summed E-state index contributed by atoms with van der Waals surface area (Å²) in [5.74, 6) is -0.515. The van der Waals surface area contributed by atoms with E-state index in [0.717, 1.165) is 12.8 Å². The summed E-state index contributed by atoms with van der Waals surface area (Å²) in [5, 5.41) is 5.53. The summed E-state index contributed by atoms with van der Waals surface area (Å²) in [7, 11) is 0. The predicted octanol–water partition coefficient (Wildman–Crippen LogP) is 2.10. The number of urea groups is 1. The van der Waals surface area contributed by atoms with Crippen molar-refractivity contribution in [2.75, 3.05) is 5.32 Å². The fourth-order valence-electron chi connectivity index (χ4n) is 1.60. The maximum Gasteiger partial charge on any atom is 0.319 e. The Morgan fingerprint density at radius 2 is 1.94 bits per heavy atom. The highest BCUT2D eigenvalue weighted by molar-refractivity contribution is 5.95. The molecule has 5 heteroatoms. The number of amides is 3. The molecule has 1 aromatic carbocycles. The molecule has 1 aromatic rings. The molecule has 5 nitrogen and oxygen atoms in total. The van der Waals surface area contributed by atoms with Crippen LogP contribution in [0.2, 0.25) is 0 Å². The van der Waals surface area contributed by atoms with Crippen molar-refractivity contribution in [3.05, 3.63) is 29.8 Å². The summed E-state index contributed by atoms with van der Waals surface area (Å²) in [6, 6.07) is 6.42. The Morgan fingerprint density at radius 3 is 2.50 bits per heavy atom. The highest BCUT2D eigenvalue weighted by atomic mass is 16.2. The SMILES string of the molecule is CCC(CC)NC(=O)Nc1cccc(C(N)=O)c1. The van der Waals surface area contributed by atoms with Crippen molar-refractivity contribution >= 4 is 17.6 Å². The quantitative estimate of drug-likeness (QED) is 0.746. The number of nitrogens with one attached hydrogen (secondary N) is 2. The van der Waals surface area contributed by atoms with Gasteiger partial charge < -0.3 is 16.4 Å². The van der Waals surface area contributed by atoms with E-state index in [2.05, 4.69) is 10.6 Å². The number of benzene rings is 1. The van der Waals surface area contributed by atoms with Crippen LogP contribution in [0, 0.1) is 0 Å². The third kappa shape index (κ3) is 4.08. The van der Waals surface area contributed by atoms with Gasteiger partial charge in [-0.25, -0.2) is 4.79 Å². The van der Waals surface area contributed by atoms with Crippen LogP contribution in [0.15, 0.2) is 24.3 Å². The molecule has 0 heterocycles. The molecule has 0 saturated carbocycles. The van der Waals surface area contributed by atoms with Gasteiger partial charge in [-0.2, -0.15) is 0 Å². The van der Waals surface area contributed by atoms with Crippen LogP contribution < -0.4 is 16.4 Å². The van der Waals surface area contributed by atoms with Crippen LogP contribution in [-0.2, 0) is 0 Å². The van der Waals surface area contributed by atoms with Gasteiger partial charge >= 0.3 is 6.03 Å². The summed E-state index contributed by atoms with van der Waals surface area (Å²) in [4.78, 5) is 22.7. The number of nitrogens with two attached hydrogens (primary N) is 1. The van der Waals surface area contributed by atoms with E-state index in [1.54, 1.807) is 24.3 Å². The Balaban J connectivity index is 2.64. The molecule has 18 heavy (non-hydrogen) atoms. The van der Waals surface area contributed by atoms with Gasteiger partial charge in [-0.15, -0.1) is 0 Å². The van der Waals surface area contributed by atoms with Crippen LogP contribution in [0.4, 0.5) is 10.5 Å². The zero-order valence-corrected chi connectivity index (χ0v) is 10.7. The molecule has 4 N–H and O–H groups in total. The van der Waals surface area contributed by atoms with Crippen LogP contribution in [-0.4, -0.2) is 18.0 Å². The van der Waals surface area contributed by atoms with Gasteiger partial charge in [0.05, 0.1) is 0 Å². The van der Waals surface area contributed by atoms with Crippen LogP contribution in [0.1, 0.15) is 37.0 Å². The number of primary amides is 1. The van der Waals surface area contributed by atoms with Gasteiger partial charge in [0.2, 0.25) is 5.91 Å². The van der Waals surface area contributed by atoms with E-state index in [1.165, 1.54) is 0 Å². The van der Waals surface area contributed by atoms with Gasteiger partial charge in [0.15, 0.2) is 0 Å². The predicted molar refractivity (Wildman–Crippen MR) is 71.5 cm³/mol. The van der Waals surface area contributed by atoms with Gasteiger partial charge in [-0.1, -0.05) is 19.9 Å². The lowest BCUT2D eigenvalue weighted by atomic mass is 10.2. The summed E-state index contributed by atoms with van der Waals surface area (Å²) in [6.45, 7) is 4.03. The fraction of sp³-hybridized carbons (Fsp3) is 0.385. The van der Waals surface area contributed by atoms with Crippen molar-refractivity contribution in [3.8, 4) is 0 Å². The van der Waals surface area contributed by atoms with Gasteiger partial charge in [-0.05, 0) is 31.0 Å². The van der Waals surface area contributed by atoms with E-state index in [-0.39, 0.29) is 12.1 Å². The largest absolute Gasteiger partial charge is 0.366 e. The molecule has 0 aromatic heterocycles. The Labute approximate surface area is 107 Å². The van der Waals surface area contributed by atoms with E-state index in [4.69, 9.17) is 5.73 Å². The highest BCUT2D eigenvalue weighted by Gasteiger charge is 2.08. The van der Waals surface area contributed by atoms with Crippen molar-refractivity contribution in [1.29, 1.82) is 0 Å². The number of rotatable bonds is 5. The smallest absolute Gasteiger partial charge is 0.319 e. The van der Waals surface area contributed by atoms with Gasteiger partial charge in [0.1, 0.15) is 0 Å². The summed E-state index contributed by atoms with van der Waals surface area (Å²) in [6.07, 6.45) is 1.76. The van der Waals surface area contributed by atoms with Crippen molar-refractivity contribution < 1.29 is 9.59 Å². The molecule has 0 aliphatic carbocycles. The molecule has 0 unspecified atom stereocenters. The molecule has 0 saturated heterocycles. The zero-order chi connectivity index (χ0) is 13.5. The summed E-state index contributed by atoms with van der Waals surface area (Å²) in [5.41, 5.74) is 6.09. The van der Waals surface area contributed by atoms with Crippen LogP contribution in [0.5, 0.6) is 0 Å². The molecule has 0 bridgehead atoms. The van der Waals surface area contributed by atoms with Crippen molar-refractivity contribution in [2.45, 2.75) is 32.7 Å². The fourth-order valence-corrected chi connectivity index (χ4v) is 1.60. The molecule has 98 valence electrons. The summed E-state index contributed by atoms with van der Waals surface area (Å²) >= 11 is 0. The maximum atomic E-state index is 11.7. The monoisotopic (exact) mass is 249 g/mol. The molecule has 0 spiro atoms. The normalized spacial score (nSPS) is 10.2. The second-order valence-electron chi connectivity index (χ2n) is 4.06. The number of carbonyl (C=O) groups is 2. The van der Waals surface area contributed by atoms with Gasteiger partial charge in [0, 0.05) is 17.3 Å². The average molecular weight is 249 g/mol. The Kier molecular flexibility index (Phi) is 5.17. The standard InChI is InChI=1S/C13H19N3O2/c1-3-10(4-2)15-13(18)16-11-7-5-6-9(8-11)12(14)17/h5-8,10H,3-4H2,1-2H3,(H2,14,17)(H2,15,16,18). The number of hydrogen-bond acceptors (Lipinski definition) is 2. The second-order valence-corrected chi connectivity index (χ2v) is 4.06. The first kappa shape index (κ1) is 14.0. The van der Waals surface area contributed by atoms with E-state index < -0.39 is 5.91 Å². The minimum absolute atomic E-state index is 0.157. The topological polar surface area (TPSA) is 84.2 Å². The van der Waals surface area contributed by atoms with Crippen LogP contribution in [0.25, 0.3) is 0 Å². The first-order chi connectivity index (χ1) is 8.56. The number of carbonyl (C=O) groups excluding carboxylic acids is 2. The van der Waals surface area contributed by atoms with E-state index in [1.807, 2.05) is 13.8 Å². The molecule has 0 aliphatic heterocycles. The van der Waals surface area contributed by atoms with Crippen molar-refractivity contribution in [3.63, 3.8) is 0 Å². The van der Waals surface area contributed by atoms with Crippen molar-refractivity contribution in [2.24, 2.45) is 5.73 Å².